The molecule has 0 spiro atoms. The van der Waals surface area contributed by atoms with E-state index in [1.54, 1.807) is 4.68 Å². The van der Waals surface area contributed by atoms with Gasteiger partial charge in [0, 0.05) is 31.0 Å². The number of hydrogen-bond donors (Lipinski definition) is 2. The molecule has 1 fully saturated rings. The van der Waals surface area contributed by atoms with E-state index in [9.17, 15) is 4.79 Å². The monoisotopic (exact) mass is 465 g/mol. The minimum atomic E-state index is 0.531. The van der Waals surface area contributed by atoms with Crippen LogP contribution in [0.1, 0.15) is 30.7 Å². The van der Waals surface area contributed by atoms with Crippen LogP contribution in [0, 0.1) is 6.92 Å². The van der Waals surface area contributed by atoms with E-state index < -0.39 is 0 Å². The highest BCUT2D eigenvalue weighted by molar-refractivity contribution is 7.10. The fourth-order valence-corrected chi connectivity index (χ4v) is 4.83. The summed E-state index contributed by atoms with van der Waals surface area (Å²) in [6, 6.07) is 2.11. The van der Waals surface area contributed by atoms with Crippen molar-refractivity contribution in [3.05, 3.63) is 42.2 Å². The number of aromatic nitrogens is 6. The van der Waals surface area contributed by atoms with Crippen LogP contribution in [0.25, 0.3) is 16.9 Å². The summed E-state index contributed by atoms with van der Waals surface area (Å²) >= 11 is 1.45. The fraction of sp³-hybridized carbons (Fsp3) is 0.409. The van der Waals surface area contributed by atoms with Gasteiger partial charge in [-0.15, -0.1) is 0 Å². The van der Waals surface area contributed by atoms with Gasteiger partial charge in [0.25, 0.3) is 0 Å². The first-order valence-corrected chi connectivity index (χ1v) is 12.0. The molecule has 0 aromatic carbocycles. The van der Waals surface area contributed by atoms with E-state index >= 15 is 0 Å². The number of fused-ring (bicyclic) bond motifs is 1. The molecule has 4 aromatic rings. The van der Waals surface area contributed by atoms with Gasteiger partial charge in [-0.05, 0) is 50.5 Å². The van der Waals surface area contributed by atoms with Gasteiger partial charge < -0.3 is 10.6 Å². The zero-order valence-electron chi connectivity index (χ0n) is 18.6. The Morgan fingerprint density at radius 1 is 1.18 bits per heavy atom. The molecule has 0 unspecified atom stereocenters. The number of imidazole rings is 1. The van der Waals surface area contributed by atoms with Crippen molar-refractivity contribution in [1.29, 1.82) is 0 Å². The Labute approximate surface area is 195 Å². The predicted octanol–water partition coefficient (Wildman–Crippen LogP) is 2.83. The molecule has 0 aliphatic carbocycles. The molecule has 33 heavy (non-hydrogen) atoms. The second-order valence-electron chi connectivity index (χ2n) is 8.28. The molecule has 1 saturated heterocycles. The van der Waals surface area contributed by atoms with Gasteiger partial charge in [0.1, 0.15) is 5.00 Å². The normalized spacial score (nSPS) is 14.6. The first-order valence-electron chi connectivity index (χ1n) is 11.2. The highest BCUT2D eigenvalue weighted by atomic mass is 32.1. The second kappa shape index (κ2) is 9.67. The maximum Gasteiger partial charge on any atom is 0.207 e. The highest BCUT2D eigenvalue weighted by Crippen LogP contribution is 2.28. The Morgan fingerprint density at radius 3 is 2.91 bits per heavy atom. The van der Waals surface area contributed by atoms with Crippen LogP contribution in [0.5, 0.6) is 0 Å². The average molecular weight is 466 g/mol. The average Bonchev–Trinajstić information content (AvgIpc) is 3.55. The molecule has 4 aromatic heterocycles. The Bertz CT molecular complexity index is 1240. The molecule has 5 heterocycles. The Kier molecular flexibility index (Phi) is 6.31. The summed E-state index contributed by atoms with van der Waals surface area (Å²) in [6.07, 6.45) is 12.1. The number of carbonyl (C=O) groups excluding carboxylic acids is 1. The van der Waals surface area contributed by atoms with Gasteiger partial charge in [-0.2, -0.15) is 9.47 Å². The summed E-state index contributed by atoms with van der Waals surface area (Å²) in [5, 5.41) is 11.4. The number of amides is 1. The van der Waals surface area contributed by atoms with E-state index in [1.165, 1.54) is 30.8 Å². The van der Waals surface area contributed by atoms with Crippen LogP contribution in [0.3, 0.4) is 0 Å². The predicted molar refractivity (Wildman–Crippen MR) is 128 cm³/mol. The van der Waals surface area contributed by atoms with E-state index in [-0.39, 0.29) is 0 Å². The van der Waals surface area contributed by atoms with E-state index in [2.05, 4.69) is 36.1 Å². The van der Waals surface area contributed by atoms with E-state index in [1.807, 2.05) is 36.1 Å². The van der Waals surface area contributed by atoms with Gasteiger partial charge in [0.05, 0.1) is 36.0 Å². The summed E-state index contributed by atoms with van der Waals surface area (Å²) in [7, 11) is 0. The number of piperidine rings is 1. The van der Waals surface area contributed by atoms with Gasteiger partial charge in [-0.25, -0.2) is 9.97 Å². The topological polar surface area (TPSA) is 105 Å². The summed E-state index contributed by atoms with van der Waals surface area (Å²) in [5.41, 5.74) is 4.60. The van der Waals surface area contributed by atoms with Gasteiger partial charge >= 0.3 is 0 Å². The lowest BCUT2D eigenvalue weighted by atomic mass is 10.1. The van der Waals surface area contributed by atoms with Crippen LogP contribution in [-0.4, -0.2) is 59.5 Å². The van der Waals surface area contributed by atoms with E-state index in [0.717, 1.165) is 52.9 Å². The molecule has 0 bridgehead atoms. The van der Waals surface area contributed by atoms with Gasteiger partial charge in [0.2, 0.25) is 6.41 Å². The number of rotatable bonds is 9. The lowest BCUT2D eigenvalue weighted by molar-refractivity contribution is -0.109. The summed E-state index contributed by atoms with van der Waals surface area (Å²) in [4.78, 5) is 22.3. The second-order valence-corrected chi connectivity index (χ2v) is 9.08. The zero-order valence-corrected chi connectivity index (χ0v) is 19.4. The maximum atomic E-state index is 10.4. The van der Waals surface area contributed by atoms with Crippen molar-refractivity contribution < 1.29 is 4.79 Å². The Hall–Kier alpha value is -3.31. The van der Waals surface area contributed by atoms with Crippen LogP contribution in [-0.2, 0) is 17.9 Å². The van der Waals surface area contributed by atoms with Crippen molar-refractivity contribution in [3.63, 3.8) is 0 Å². The smallest absolute Gasteiger partial charge is 0.207 e. The van der Waals surface area contributed by atoms with Crippen LogP contribution >= 0.6 is 11.5 Å². The summed E-state index contributed by atoms with van der Waals surface area (Å²) in [5.74, 6) is 0.706. The molecule has 1 aliphatic heterocycles. The number of aryl methyl sites for hydroxylation is 1. The number of anilines is 2. The molecule has 11 heteroatoms. The van der Waals surface area contributed by atoms with Crippen molar-refractivity contribution in [1.82, 2.24) is 38.7 Å². The van der Waals surface area contributed by atoms with E-state index in [4.69, 9.17) is 4.98 Å². The number of nitrogens with one attached hydrogen (secondary N) is 2. The number of carbonyl (C=O) groups is 1. The third kappa shape index (κ3) is 4.88. The molecule has 1 aliphatic rings. The molecule has 2 N–H and O–H groups in total. The molecule has 172 valence electrons. The van der Waals surface area contributed by atoms with Gasteiger partial charge in [-0.1, -0.05) is 6.42 Å². The van der Waals surface area contributed by atoms with Crippen LogP contribution in [0.4, 0.5) is 10.8 Å². The molecule has 0 atom stereocenters. The van der Waals surface area contributed by atoms with Crippen molar-refractivity contribution >= 4 is 34.4 Å². The third-order valence-corrected chi connectivity index (χ3v) is 6.49. The van der Waals surface area contributed by atoms with Crippen LogP contribution < -0.4 is 10.6 Å². The molecule has 5 rings (SSSR count). The van der Waals surface area contributed by atoms with Crippen molar-refractivity contribution in [2.45, 2.75) is 39.3 Å². The third-order valence-electron chi connectivity index (χ3n) is 5.75. The van der Waals surface area contributed by atoms with Crippen LogP contribution in [0.15, 0.2) is 30.9 Å². The zero-order chi connectivity index (χ0) is 22.6. The minimum absolute atomic E-state index is 0.531. The first kappa shape index (κ1) is 21.5. The first-order chi connectivity index (χ1) is 16.2. The number of likely N-dealkylation sites (tertiary alicyclic amines) is 1. The largest absolute Gasteiger partial charge is 0.357 e. The molecule has 0 radical (unpaired) electrons. The Morgan fingerprint density at radius 2 is 2.06 bits per heavy atom. The molecular weight excluding hydrogens is 438 g/mol. The lowest BCUT2D eigenvalue weighted by Gasteiger charge is -2.25. The van der Waals surface area contributed by atoms with Crippen LogP contribution in [0.2, 0.25) is 0 Å². The number of hydrogen-bond acceptors (Lipinski definition) is 8. The summed E-state index contributed by atoms with van der Waals surface area (Å²) in [6.45, 7) is 6.31. The van der Waals surface area contributed by atoms with Gasteiger partial charge in [0.15, 0.2) is 11.5 Å². The lowest BCUT2D eigenvalue weighted by Crippen LogP contribution is -2.29. The molecular formula is C22H27N9OS. The highest BCUT2D eigenvalue weighted by Gasteiger charge is 2.16. The molecule has 10 nitrogen and oxygen atoms in total. The van der Waals surface area contributed by atoms with E-state index in [0.29, 0.717) is 25.3 Å². The standard InChI is InChI=1S/C22H27N9OS/c1-16-12-31-19(17-10-25-30(13-17)8-5-23-15-32)11-24-22(31)21(26-16)27-20-9-18(28-33-20)14-29-6-3-2-4-7-29/h9-13,15H,2-8,14H2,1H3,(H,23,32)(H,26,27). The Balaban J connectivity index is 1.36. The molecule has 1 amide bonds. The van der Waals surface area contributed by atoms with Gasteiger partial charge in [-0.3, -0.25) is 18.8 Å². The molecule has 0 saturated carbocycles. The summed E-state index contributed by atoms with van der Waals surface area (Å²) < 4.78 is 8.48. The fourth-order valence-electron chi connectivity index (χ4n) is 4.17. The maximum absolute atomic E-state index is 10.4. The minimum Gasteiger partial charge on any atom is -0.357 e. The quantitative estimate of drug-likeness (QED) is 0.289. The van der Waals surface area contributed by atoms with Crippen molar-refractivity contribution in [2.75, 3.05) is 25.0 Å². The van der Waals surface area contributed by atoms with Crippen molar-refractivity contribution in [2.24, 2.45) is 0 Å². The SMILES string of the molecule is Cc1cn2c(-c3cnn(CCNC=O)c3)cnc2c(Nc2cc(CN3CCCCC3)ns2)n1. The number of nitrogens with zero attached hydrogens (tertiary/aromatic N) is 7. The van der Waals surface area contributed by atoms with Crippen molar-refractivity contribution in [3.8, 4) is 11.3 Å².